The average molecular weight is 505 g/mol. The first kappa shape index (κ1) is 19.2. The summed E-state index contributed by atoms with van der Waals surface area (Å²) in [7, 11) is 0. The van der Waals surface area contributed by atoms with Crippen LogP contribution in [0.3, 0.4) is 0 Å². The average Bonchev–Trinajstić information content (AvgIpc) is 3.32. The number of carbonyl (C=O) groups excluding carboxylic acids is 1. The molecule has 1 aliphatic heterocycles. The number of nitrogens with one attached hydrogen (secondary N) is 1. The topological polar surface area (TPSA) is 57.8 Å². The van der Waals surface area contributed by atoms with E-state index >= 15 is 0 Å². The minimum Gasteiger partial charge on any atom is -0.450 e. The minimum atomic E-state index is -0.387. The number of halogens is 2. The number of anilines is 1. The summed E-state index contributed by atoms with van der Waals surface area (Å²) in [6.45, 7) is 4.29. The second kappa shape index (κ2) is 8.09. The molecule has 28 heavy (non-hydrogen) atoms. The third-order valence-electron chi connectivity index (χ3n) is 4.85. The molecule has 0 unspecified atom stereocenters. The normalized spacial score (nSPS) is 14.3. The molecule has 4 rings (SSSR count). The van der Waals surface area contributed by atoms with E-state index in [2.05, 4.69) is 66.3 Å². The van der Waals surface area contributed by atoms with Gasteiger partial charge in [-0.15, -0.1) is 0 Å². The minimum absolute atomic E-state index is 0.215. The van der Waals surface area contributed by atoms with Crippen LogP contribution in [0.5, 0.6) is 0 Å². The molecule has 2 aromatic carbocycles. The van der Waals surface area contributed by atoms with E-state index in [0.29, 0.717) is 5.58 Å². The highest BCUT2D eigenvalue weighted by molar-refractivity contribution is 9.11. The van der Waals surface area contributed by atoms with Gasteiger partial charge in [-0.1, -0.05) is 22.0 Å². The highest BCUT2D eigenvalue weighted by Gasteiger charge is 2.15. The van der Waals surface area contributed by atoms with Crippen molar-refractivity contribution in [3.05, 3.63) is 62.2 Å². The Balaban J connectivity index is 1.46. The van der Waals surface area contributed by atoms with E-state index < -0.39 is 0 Å². The molecule has 0 spiro atoms. The van der Waals surface area contributed by atoms with Gasteiger partial charge in [0.2, 0.25) is 0 Å². The van der Waals surface area contributed by atoms with Crippen molar-refractivity contribution in [2.45, 2.75) is 19.8 Å². The van der Waals surface area contributed by atoms with Crippen LogP contribution in [0.4, 0.5) is 5.69 Å². The number of fused-ring (bicyclic) bond motifs is 1. The lowest BCUT2D eigenvalue weighted by atomic mass is 10.1. The monoisotopic (exact) mass is 503 g/mol. The third-order valence-corrected chi connectivity index (χ3v) is 5.90. The quantitative estimate of drug-likeness (QED) is 0.370. The van der Waals surface area contributed by atoms with E-state index in [1.807, 2.05) is 18.2 Å². The van der Waals surface area contributed by atoms with E-state index in [9.17, 15) is 4.79 Å². The van der Waals surface area contributed by atoms with Crippen LogP contribution in [0.2, 0.25) is 0 Å². The summed E-state index contributed by atoms with van der Waals surface area (Å²) in [5.74, 6) is -0.172. The molecular weight excluding hydrogens is 486 g/mol. The van der Waals surface area contributed by atoms with Gasteiger partial charge in [0, 0.05) is 28.6 Å². The maximum Gasteiger partial charge on any atom is 0.307 e. The fourth-order valence-corrected chi connectivity index (χ4v) is 4.72. The molecule has 1 aromatic heterocycles. The van der Waals surface area contributed by atoms with E-state index in [0.717, 1.165) is 38.5 Å². The molecule has 5 nitrogen and oxygen atoms in total. The molecule has 0 saturated carbocycles. The second-order valence-electron chi connectivity index (χ2n) is 6.85. The SMILES string of the molecule is Cc1cc(N2CCCC2)ccc1C=NNC(=O)c1cc2cc(Br)cc(Br)c2o1. The summed E-state index contributed by atoms with van der Waals surface area (Å²) in [6, 6.07) is 11.8. The molecule has 0 atom stereocenters. The van der Waals surface area contributed by atoms with Crippen molar-refractivity contribution in [1.29, 1.82) is 0 Å². The van der Waals surface area contributed by atoms with Crippen LogP contribution in [0.15, 0.2) is 54.9 Å². The summed E-state index contributed by atoms with van der Waals surface area (Å²) in [5, 5.41) is 4.93. The molecular formula is C21H19Br2N3O2. The lowest BCUT2D eigenvalue weighted by Crippen LogP contribution is -2.18. The number of hydrazone groups is 1. The molecule has 7 heteroatoms. The maximum absolute atomic E-state index is 12.4. The molecule has 1 amide bonds. The second-order valence-corrected chi connectivity index (χ2v) is 8.62. The van der Waals surface area contributed by atoms with Gasteiger partial charge in [0.05, 0.1) is 10.7 Å². The number of rotatable bonds is 4. The fourth-order valence-electron chi connectivity index (χ4n) is 3.38. The van der Waals surface area contributed by atoms with Crippen molar-refractivity contribution in [3.63, 3.8) is 0 Å². The smallest absolute Gasteiger partial charge is 0.307 e. The Hall–Kier alpha value is -2.12. The number of carbonyl (C=O) groups is 1. The molecule has 1 N–H and O–H groups in total. The molecule has 3 aromatic rings. The number of hydrogen-bond donors (Lipinski definition) is 1. The molecule has 2 heterocycles. The van der Waals surface area contributed by atoms with Crippen LogP contribution in [-0.4, -0.2) is 25.2 Å². The summed E-state index contributed by atoms with van der Waals surface area (Å²) in [6.07, 6.45) is 4.17. The first-order chi connectivity index (χ1) is 13.5. The number of amides is 1. The van der Waals surface area contributed by atoms with Gasteiger partial charge in [0.25, 0.3) is 0 Å². The molecule has 0 bridgehead atoms. The molecule has 0 aliphatic carbocycles. The molecule has 1 saturated heterocycles. The van der Waals surface area contributed by atoms with E-state index in [4.69, 9.17) is 4.42 Å². The number of hydrogen-bond acceptors (Lipinski definition) is 4. The third kappa shape index (κ3) is 4.00. The van der Waals surface area contributed by atoms with E-state index in [-0.39, 0.29) is 11.7 Å². The van der Waals surface area contributed by atoms with Crippen LogP contribution in [0, 0.1) is 6.92 Å². The van der Waals surface area contributed by atoms with Crippen molar-refractivity contribution in [1.82, 2.24) is 5.43 Å². The highest BCUT2D eigenvalue weighted by Crippen LogP contribution is 2.31. The summed E-state index contributed by atoms with van der Waals surface area (Å²) < 4.78 is 7.35. The van der Waals surface area contributed by atoms with Gasteiger partial charge in [-0.05, 0) is 77.2 Å². The number of aryl methyl sites for hydroxylation is 1. The predicted molar refractivity (Wildman–Crippen MR) is 119 cm³/mol. The standard InChI is InChI=1S/C21H19Br2N3O2/c1-13-8-17(26-6-2-3-7-26)5-4-14(13)12-24-25-21(27)19-10-15-9-16(22)11-18(23)20(15)28-19/h4-5,8-12H,2-3,6-7H2,1H3,(H,25,27). The van der Waals surface area contributed by atoms with Crippen molar-refractivity contribution in [2.75, 3.05) is 18.0 Å². The largest absolute Gasteiger partial charge is 0.450 e. The van der Waals surface area contributed by atoms with Crippen molar-refractivity contribution in [2.24, 2.45) is 5.10 Å². The summed E-state index contributed by atoms with van der Waals surface area (Å²) >= 11 is 6.87. The Bertz CT molecular complexity index is 1070. The van der Waals surface area contributed by atoms with Gasteiger partial charge in [0.1, 0.15) is 5.58 Å². The Morgan fingerprint density at radius 3 is 2.71 bits per heavy atom. The number of nitrogens with zero attached hydrogens (tertiary/aromatic N) is 2. The van der Waals surface area contributed by atoms with Crippen LogP contribution in [0.25, 0.3) is 11.0 Å². The zero-order valence-electron chi connectivity index (χ0n) is 15.3. The molecule has 144 valence electrons. The van der Waals surface area contributed by atoms with Crippen molar-refractivity contribution in [3.8, 4) is 0 Å². The maximum atomic E-state index is 12.4. The van der Waals surface area contributed by atoms with Crippen LogP contribution >= 0.6 is 31.9 Å². The van der Waals surface area contributed by atoms with Gasteiger partial charge < -0.3 is 9.32 Å². The Kier molecular flexibility index (Phi) is 5.55. The Morgan fingerprint density at radius 2 is 1.96 bits per heavy atom. The van der Waals surface area contributed by atoms with Crippen molar-refractivity contribution >= 4 is 60.6 Å². The van der Waals surface area contributed by atoms with Crippen LogP contribution in [0.1, 0.15) is 34.5 Å². The Morgan fingerprint density at radius 1 is 1.18 bits per heavy atom. The predicted octanol–water partition coefficient (Wildman–Crippen LogP) is 5.63. The first-order valence-electron chi connectivity index (χ1n) is 9.09. The zero-order valence-corrected chi connectivity index (χ0v) is 18.5. The molecule has 0 radical (unpaired) electrons. The van der Waals surface area contributed by atoms with Gasteiger partial charge in [-0.25, -0.2) is 5.43 Å². The summed E-state index contributed by atoms with van der Waals surface area (Å²) in [4.78, 5) is 14.8. The van der Waals surface area contributed by atoms with E-state index in [1.54, 1.807) is 12.3 Å². The zero-order chi connectivity index (χ0) is 19.7. The van der Waals surface area contributed by atoms with E-state index in [1.165, 1.54) is 18.5 Å². The number of furan rings is 1. The first-order valence-corrected chi connectivity index (χ1v) is 10.7. The lowest BCUT2D eigenvalue weighted by Gasteiger charge is -2.18. The summed E-state index contributed by atoms with van der Waals surface area (Å²) in [5.41, 5.74) is 6.51. The van der Waals surface area contributed by atoms with Gasteiger partial charge in [-0.2, -0.15) is 5.10 Å². The highest BCUT2D eigenvalue weighted by atomic mass is 79.9. The fraction of sp³-hybridized carbons (Fsp3) is 0.238. The van der Waals surface area contributed by atoms with Gasteiger partial charge >= 0.3 is 5.91 Å². The number of benzene rings is 2. The molecule has 1 aliphatic rings. The van der Waals surface area contributed by atoms with Crippen LogP contribution < -0.4 is 10.3 Å². The van der Waals surface area contributed by atoms with Gasteiger partial charge in [-0.3, -0.25) is 4.79 Å². The van der Waals surface area contributed by atoms with Gasteiger partial charge in [0.15, 0.2) is 5.76 Å². The van der Waals surface area contributed by atoms with Crippen molar-refractivity contribution < 1.29 is 9.21 Å². The Labute approximate surface area is 180 Å². The van der Waals surface area contributed by atoms with Crippen LogP contribution in [-0.2, 0) is 0 Å². The lowest BCUT2D eigenvalue weighted by molar-refractivity contribution is 0.0929. The molecule has 1 fully saturated rings.